The van der Waals surface area contributed by atoms with Crippen molar-refractivity contribution < 1.29 is 9.90 Å². The largest absolute Gasteiger partial charge is 0.478 e. The summed E-state index contributed by atoms with van der Waals surface area (Å²) in [5.74, 6) is -1.26. The second kappa shape index (κ2) is 5.57. The van der Waals surface area contributed by atoms with E-state index in [0.29, 0.717) is 5.56 Å². The van der Waals surface area contributed by atoms with Crippen molar-refractivity contribution in [2.24, 2.45) is 0 Å². The van der Waals surface area contributed by atoms with Gasteiger partial charge in [0.25, 0.3) is 5.56 Å². The van der Waals surface area contributed by atoms with Crippen molar-refractivity contribution in [1.29, 1.82) is 0 Å². The van der Waals surface area contributed by atoms with Gasteiger partial charge in [-0.2, -0.15) is 0 Å². The minimum Gasteiger partial charge on any atom is -0.478 e. The molecule has 0 fully saturated rings. The lowest BCUT2D eigenvalue weighted by atomic mass is 9.95. The van der Waals surface area contributed by atoms with Crippen molar-refractivity contribution in [3.05, 3.63) is 56.3 Å². The van der Waals surface area contributed by atoms with Gasteiger partial charge in [0.1, 0.15) is 0 Å². The number of nitrogens with one attached hydrogen (secondary N) is 1. The molecule has 0 atom stereocenters. The van der Waals surface area contributed by atoms with Crippen LogP contribution in [0.25, 0.3) is 22.0 Å². The molecule has 0 amide bonds. The number of hydrogen-bond acceptors (Lipinski definition) is 4. The number of aromatic nitrogens is 2. The fourth-order valence-corrected chi connectivity index (χ4v) is 2.80. The number of rotatable bonds is 2. The second-order valence-electron chi connectivity index (χ2n) is 4.74. The first kappa shape index (κ1) is 15.3. The number of nitrogen functional groups attached to an aromatic ring is 1. The van der Waals surface area contributed by atoms with Crippen molar-refractivity contribution in [3.63, 3.8) is 0 Å². The zero-order valence-corrected chi connectivity index (χ0v) is 12.9. The van der Waals surface area contributed by atoms with Crippen LogP contribution in [0, 0.1) is 0 Å². The molecule has 2 aromatic carbocycles. The first-order valence-electron chi connectivity index (χ1n) is 6.40. The fourth-order valence-electron chi connectivity index (χ4n) is 2.41. The fraction of sp³-hybridized carbons (Fsp3) is 0. The van der Waals surface area contributed by atoms with E-state index in [1.54, 1.807) is 18.2 Å². The summed E-state index contributed by atoms with van der Waals surface area (Å²) in [5, 5.41) is 9.95. The van der Waals surface area contributed by atoms with Gasteiger partial charge in [0, 0.05) is 11.1 Å². The maximum Gasteiger partial charge on any atom is 0.336 e. The molecule has 0 saturated carbocycles. The van der Waals surface area contributed by atoms with Crippen LogP contribution >= 0.6 is 23.2 Å². The van der Waals surface area contributed by atoms with Crippen LogP contribution in [0.15, 0.2) is 35.1 Å². The lowest BCUT2D eigenvalue weighted by molar-refractivity contribution is 0.0698. The summed E-state index contributed by atoms with van der Waals surface area (Å²) in [6.45, 7) is 0. The molecule has 6 nitrogen and oxygen atoms in total. The van der Waals surface area contributed by atoms with Gasteiger partial charge in [-0.15, -0.1) is 0 Å². The quantitative estimate of drug-likeness (QED) is 0.658. The van der Waals surface area contributed by atoms with Crippen molar-refractivity contribution in [1.82, 2.24) is 9.97 Å². The van der Waals surface area contributed by atoms with Gasteiger partial charge in [-0.25, -0.2) is 9.78 Å². The van der Waals surface area contributed by atoms with Crippen molar-refractivity contribution in [3.8, 4) is 11.1 Å². The highest BCUT2D eigenvalue weighted by Crippen LogP contribution is 2.38. The highest BCUT2D eigenvalue weighted by atomic mass is 35.5. The number of nitrogens with two attached hydrogens (primary N) is 1. The molecule has 0 aliphatic carbocycles. The van der Waals surface area contributed by atoms with E-state index < -0.39 is 11.5 Å². The smallest absolute Gasteiger partial charge is 0.336 e. The first-order chi connectivity index (χ1) is 10.9. The molecule has 3 aromatic rings. The molecule has 8 heteroatoms. The van der Waals surface area contributed by atoms with Crippen LogP contribution in [-0.2, 0) is 0 Å². The normalized spacial score (nSPS) is 10.9. The van der Waals surface area contributed by atoms with Crippen LogP contribution in [0.3, 0.4) is 0 Å². The minimum atomic E-state index is -1.20. The molecule has 23 heavy (non-hydrogen) atoms. The van der Waals surface area contributed by atoms with Gasteiger partial charge in [0.05, 0.1) is 26.5 Å². The number of halogens is 2. The molecule has 0 saturated heterocycles. The molecule has 1 aromatic heterocycles. The highest BCUT2D eigenvalue weighted by Gasteiger charge is 2.21. The summed E-state index contributed by atoms with van der Waals surface area (Å²) in [6.07, 6.45) is 0. The number of hydrogen-bond donors (Lipinski definition) is 3. The van der Waals surface area contributed by atoms with E-state index >= 15 is 0 Å². The third-order valence-corrected chi connectivity index (χ3v) is 4.16. The van der Waals surface area contributed by atoms with Crippen LogP contribution in [0.4, 0.5) is 5.95 Å². The van der Waals surface area contributed by atoms with Crippen LogP contribution < -0.4 is 11.3 Å². The van der Waals surface area contributed by atoms with E-state index in [1.165, 1.54) is 12.1 Å². The Bertz CT molecular complexity index is 1010. The number of carboxylic acids is 1. The van der Waals surface area contributed by atoms with Gasteiger partial charge in [-0.1, -0.05) is 35.3 Å². The highest BCUT2D eigenvalue weighted by molar-refractivity contribution is 6.44. The standard InChI is InChI=1S/C15H9Cl2N3O3/c16-8-3-1-2-6(12(8)17)10-7(14(22)23)4-5-9-11(10)13(21)20-15(18)19-9/h1-5H,(H,22,23)(H3,18,19,20,21). The van der Waals surface area contributed by atoms with Gasteiger partial charge >= 0.3 is 5.97 Å². The van der Waals surface area contributed by atoms with E-state index in [0.717, 1.165) is 0 Å². The molecule has 0 bridgehead atoms. The molecule has 0 aliphatic rings. The zero-order valence-electron chi connectivity index (χ0n) is 11.4. The number of aromatic amines is 1. The Morgan fingerprint density at radius 2 is 1.96 bits per heavy atom. The number of anilines is 1. The number of fused-ring (bicyclic) bond motifs is 1. The van der Waals surface area contributed by atoms with Gasteiger partial charge in [-0.05, 0) is 18.2 Å². The van der Waals surface area contributed by atoms with Crippen molar-refractivity contribution in [2.45, 2.75) is 0 Å². The average Bonchev–Trinajstić information content (AvgIpc) is 2.48. The van der Waals surface area contributed by atoms with E-state index in [9.17, 15) is 14.7 Å². The predicted molar refractivity (Wildman–Crippen MR) is 89.2 cm³/mol. The number of benzene rings is 2. The number of aromatic carboxylic acids is 1. The maximum absolute atomic E-state index is 12.3. The summed E-state index contributed by atoms with van der Waals surface area (Å²) in [4.78, 5) is 30.3. The Labute approximate surface area is 139 Å². The first-order valence-corrected chi connectivity index (χ1v) is 7.16. The molecule has 1 heterocycles. The molecule has 3 rings (SSSR count). The lowest BCUT2D eigenvalue weighted by Gasteiger charge is -2.12. The number of carbonyl (C=O) groups is 1. The summed E-state index contributed by atoms with van der Waals surface area (Å²) in [6, 6.07) is 7.55. The number of nitrogens with zero attached hydrogens (tertiary/aromatic N) is 1. The molecule has 0 spiro atoms. The molecule has 0 aliphatic heterocycles. The van der Waals surface area contributed by atoms with Gasteiger partial charge in [-0.3, -0.25) is 9.78 Å². The Kier molecular flexibility index (Phi) is 3.71. The van der Waals surface area contributed by atoms with Crippen LogP contribution in [0.1, 0.15) is 10.4 Å². The van der Waals surface area contributed by atoms with Gasteiger partial charge < -0.3 is 10.8 Å². The maximum atomic E-state index is 12.3. The van der Waals surface area contributed by atoms with E-state index in [2.05, 4.69) is 9.97 Å². The third kappa shape index (κ3) is 2.52. The molecule has 0 unspecified atom stereocenters. The van der Waals surface area contributed by atoms with E-state index in [-0.39, 0.29) is 38.0 Å². The molecule has 116 valence electrons. The van der Waals surface area contributed by atoms with Crippen molar-refractivity contribution >= 4 is 46.0 Å². The third-order valence-electron chi connectivity index (χ3n) is 3.34. The van der Waals surface area contributed by atoms with Crippen LogP contribution in [0.2, 0.25) is 10.0 Å². The average molecular weight is 350 g/mol. The molecular formula is C15H9Cl2N3O3. The number of carboxylic acid groups (broad SMARTS) is 1. The summed E-state index contributed by atoms with van der Waals surface area (Å²) in [5.41, 5.74) is 5.64. The van der Waals surface area contributed by atoms with E-state index in [4.69, 9.17) is 28.9 Å². The van der Waals surface area contributed by atoms with Crippen LogP contribution in [-0.4, -0.2) is 21.0 Å². The van der Waals surface area contributed by atoms with Crippen molar-refractivity contribution in [2.75, 3.05) is 5.73 Å². The second-order valence-corrected chi connectivity index (χ2v) is 5.53. The summed E-state index contributed by atoms with van der Waals surface area (Å²) < 4.78 is 0. The Hall–Kier alpha value is -2.57. The monoisotopic (exact) mass is 349 g/mol. The minimum absolute atomic E-state index is 0.0614. The molecule has 0 radical (unpaired) electrons. The van der Waals surface area contributed by atoms with Gasteiger partial charge in [0.15, 0.2) is 0 Å². The Balaban J connectivity index is 2.55. The summed E-state index contributed by atoms with van der Waals surface area (Å²) >= 11 is 12.2. The zero-order chi connectivity index (χ0) is 16.7. The molecule has 4 N–H and O–H groups in total. The van der Waals surface area contributed by atoms with Crippen LogP contribution in [0.5, 0.6) is 0 Å². The Morgan fingerprint density at radius 3 is 2.65 bits per heavy atom. The summed E-state index contributed by atoms with van der Waals surface area (Å²) in [7, 11) is 0. The van der Waals surface area contributed by atoms with Gasteiger partial charge in [0.2, 0.25) is 5.95 Å². The SMILES string of the molecule is Nc1nc2ccc(C(=O)O)c(-c3cccc(Cl)c3Cl)c2c(=O)[nH]1. The topological polar surface area (TPSA) is 109 Å². The lowest BCUT2D eigenvalue weighted by Crippen LogP contribution is -2.14. The number of H-pyrrole nitrogens is 1. The van der Waals surface area contributed by atoms with E-state index in [1.807, 2.05) is 0 Å². The Morgan fingerprint density at radius 1 is 1.22 bits per heavy atom. The molecular weight excluding hydrogens is 341 g/mol. The predicted octanol–water partition coefficient (Wildman–Crippen LogP) is 3.18.